The third kappa shape index (κ3) is 2.71. The van der Waals surface area contributed by atoms with E-state index in [4.69, 9.17) is 0 Å². The van der Waals surface area contributed by atoms with Crippen molar-refractivity contribution in [3.63, 3.8) is 0 Å². The minimum atomic E-state index is -0.557. The van der Waals surface area contributed by atoms with E-state index in [0.717, 1.165) is 24.8 Å². The third-order valence-electron chi connectivity index (χ3n) is 3.85. The molecule has 94 valence electrons. The first-order chi connectivity index (χ1) is 8.20. The van der Waals surface area contributed by atoms with E-state index in [1.165, 1.54) is 24.8 Å². The van der Waals surface area contributed by atoms with Crippen LogP contribution in [-0.4, -0.2) is 5.11 Å². The average molecular weight is 232 g/mol. The predicted molar refractivity (Wildman–Crippen MR) is 72.0 cm³/mol. The fourth-order valence-electron chi connectivity index (χ4n) is 2.81. The van der Waals surface area contributed by atoms with Crippen molar-refractivity contribution in [3.05, 3.63) is 35.4 Å². The lowest BCUT2D eigenvalue weighted by atomic mass is 9.84. The summed E-state index contributed by atoms with van der Waals surface area (Å²) in [5.74, 6) is 0.499. The maximum atomic E-state index is 10.9. The van der Waals surface area contributed by atoms with Crippen molar-refractivity contribution in [1.29, 1.82) is 0 Å². The van der Waals surface area contributed by atoms with Crippen LogP contribution in [0, 0.1) is 5.92 Å². The molecule has 1 aromatic rings. The van der Waals surface area contributed by atoms with Gasteiger partial charge in [-0.05, 0) is 42.7 Å². The van der Waals surface area contributed by atoms with Crippen molar-refractivity contribution < 1.29 is 5.11 Å². The van der Waals surface area contributed by atoms with E-state index >= 15 is 0 Å². The van der Waals surface area contributed by atoms with Crippen LogP contribution in [0.5, 0.6) is 0 Å². The molecule has 1 N–H and O–H groups in total. The lowest BCUT2D eigenvalue weighted by molar-refractivity contribution is 0.00332. The van der Waals surface area contributed by atoms with E-state index < -0.39 is 5.60 Å². The summed E-state index contributed by atoms with van der Waals surface area (Å²) in [5, 5.41) is 10.9. The Morgan fingerprint density at radius 3 is 2.59 bits per heavy atom. The van der Waals surface area contributed by atoms with E-state index in [-0.39, 0.29) is 0 Å². The number of hydrogen-bond acceptors (Lipinski definition) is 1. The van der Waals surface area contributed by atoms with Gasteiger partial charge in [-0.3, -0.25) is 0 Å². The number of rotatable bonds is 6. The third-order valence-corrected chi connectivity index (χ3v) is 3.85. The number of aryl methyl sites for hydroxylation is 1. The lowest BCUT2D eigenvalue weighted by Crippen LogP contribution is -2.28. The molecule has 1 nitrogen and oxygen atoms in total. The highest BCUT2D eigenvalue weighted by molar-refractivity contribution is 5.30. The standard InChI is InChI=1S/C16H24O/c1-3-6-13-7-5-8-15(12-13)16(17,11-4-2)14-9-10-14/h5,7-8,12,14,17H,3-4,6,9-11H2,1-2H3. The highest BCUT2D eigenvalue weighted by Crippen LogP contribution is 2.48. The molecule has 1 aliphatic rings. The monoisotopic (exact) mass is 232 g/mol. The van der Waals surface area contributed by atoms with Crippen LogP contribution < -0.4 is 0 Å². The van der Waals surface area contributed by atoms with Gasteiger partial charge in [0.05, 0.1) is 5.60 Å². The van der Waals surface area contributed by atoms with Crippen LogP contribution in [0.3, 0.4) is 0 Å². The molecule has 1 saturated carbocycles. The van der Waals surface area contributed by atoms with Gasteiger partial charge in [-0.1, -0.05) is 51.0 Å². The van der Waals surface area contributed by atoms with Gasteiger partial charge in [0, 0.05) is 0 Å². The minimum Gasteiger partial charge on any atom is -0.385 e. The summed E-state index contributed by atoms with van der Waals surface area (Å²) >= 11 is 0. The Morgan fingerprint density at radius 1 is 1.24 bits per heavy atom. The van der Waals surface area contributed by atoms with E-state index in [9.17, 15) is 5.11 Å². The van der Waals surface area contributed by atoms with E-state index in [1.54, 1.807) is 0 Å². The molecule has 0 saturated heterocycles. The molecule has 0 amide bonds. The molecule has 1 fully saturated rings. The molecule has 1 aliphatic carbocycles. The van der Waals surface area contributed by atoms with Crippen molar-refractivity contribution in [2.24, 2.45) is 5.92 Å². The molecule has 0 heterocycles. The minimum absolute atomic E-state index is 0.499. The van der Waals surface area contributed by atoms with E-state index in [2.05, 4.69) is 38.1 Å². The largest absolute Gasteiger partial charge is 0.385 e. The zero-order valence-electron chi connectivity index (χ0n) is 11.1. The van der Waals surface area contributed by atoms with Gasteiger partial charge in [0.1, 0.15) is 0 Å². The number of hydrogen-bond donors (Lipinski definition) is 1. The SMILES string of the molecule is CCCc1cccc(C(O)(CCC)C2CC2)c1. The first-order valence-corrected chi connectivity index (χ1v) is 7.02. The van der Waals surface area contributed by atoms with Gasteiger partial charge in [-0.25, -0.2) is 0 Å². The Morgan fingerprint density at radius 2 is 2.00 bits per heavy atom. The smallest absolute Gasteiger partial charge is 0.0924 e. The van der Waals surface area contributed by atoms with Gasteiger partial charge in [-0.15, -0.1) is 0 Å². The maximum Gasteiger partial charge on any atom is 0.0924 e. The highest BCUT2D eigenvalue weighted by atomic mass is 16.3. The fraction of sp³-hybridized carbons (Fsp3) is 0.625. The van der Waals surface area contributed by atoms with E-state index in [1.807, 2.05) is 0 Å². The fourth-order valence-corrected chi connectivity index (χ4v) is 2.81. The van der Waals surface area contributed by atoms with Crippen molar-refractivity contribution >= 4 is 0 Å². The Balaban J connectivity index is 2.25. The lowest BCUT2D eigenvalue weighted by Gasteiger charge is -2.29. The normalized spacial score (nSPS) is 19.0. The molecule has 0 radical (unpaired) electrons. The molecule has 0 aromatic heterocycles. The van der Waals surface area contributed by atoms with Crippen molar-refractivity contribution in [3.8, 4) is 0 Å². The summed E-state index contributed by atoms with van der Waals surface area (Å²) in [4.78, 5) is 0. The Hall–Kier alpha value is -0.820. The van der Waals surface area contributed by atoms with Gasteiger partial charge in [-0.2, -0.15) is 0 Å². The summed E-state index contributed by atoms with van der Waals surface area (Å²) in [6, 6.07) is 8.60. The number of aliphatic hydroxyl groups is 1. The molecule has 2 rings (SSSR count). The topological polar surface area (TPSA) is 20.2 Å². The molecular formula is C16H24O. The predicted octanol–water partition coefficient (Wildman–Crippen LogP) is 4.04. The zero-order valence-corrected chi connectivity index (χ0v) is 11.1. The molecule has 1 atom stereocenters. The van der Waals surface area contributed by atoms with Gasteiger partial charge in [0.2, 0.25) is 0 Å². The summed E-state index contributed by atoms with van der Waals surface area (Å²) in [5.41, 5.74) is 1.95. The van der Waals surface area contributed by atoms with Crippen LogP contribution in [0.4, 0.5) is 0 Å². The highest BCUT2D eigenvalue weighted by Gasteiger charge is 2.44. The van der Waals surface area contributed by atoms with Gasteiger partial charge in [0.15, 0.2) is 0 Å². The van der Waals surface area contributed by atoms with Crippen LogP contribution in [0.2, 0.25) is 0 Å². The van der Waals surface area contributed by atoms with Crippen LogP contribution in [0.25, 0.3) is 0 Å². The second-order valence-electron chi connectivity index (χ2n) is 5.40. The number of benzene rings is 1. The second-order valence-corrected chi connectivity index (χ2v) is 5.40. The first kappa shape index (κ1) is 12.6. The summed E-state index contributed by atoms with van der Waals surface area (Å²) in [7, 11) is 0. The van der Waals surface area contributed by atoms with Gasteiger partial charge in [0.25, 0.3) is 0 Å². The van der Waals surface area contributed by atoms with Crippen LogP contribution in [0.1, 0.15) is 57.1 Å². The molecular weight excluding hydrogens is 208 g/mol. The summed E-state index contributed by atoms with van der Waals surface area (Å²) in [6.07, 6.45) is 6.60. The first-order valence-electron chi connectivity index (χ1n) is 7.02. The molecule has 1 aromatic carbocycles. The Bertz CT molecular complexity index is 368. The molecule has 0 spiro atoms. The van der Waals surface area contributed by atoms with Gasteiger partial charge < -0.3 is 5.11 Å². The zero-order chi connectivity index (χ0) is 12.3. The average Bonchev–Trinajstić information content (AvgIpc) is 3.14. The van der Waals surface area contributed by atoms with Crippen molar-refractivity contribution in [2.45, 2.75) is 58.0 Å². The van der Waals surface area contributed by atoms with Crippen LogP contribution >= 0.6 is 0 Å². The molecule has 1 heteroatoms. The van der Waals surface area contributed by atoms with E-state index in [0.29, 0.717) is 5.92 Å². The molecule has 17 heavy (non-hydrogen) atoms. The van der Waals surface area contributed by atoms with Crippen molar-refractivity contribution in [2.75, 3.05) is 0 Å². The summed E-state index contributed by atoms with van der Waals surface area (Å²) in [6.45, 7) is 4.36. The summed E-state index contributed by atoms with van der Waals surface area (Å²) < 4.78 is 0. The quantitative estimate of drug-likeness (QED) is 0.785. The second kappa shape index (κ2) is 5.22. The van der Waals surface area contributed by atoms with Gasteiger partial charge >= 0.3 is 0 Å². The molecule has 1 unspecified atom stereocenters. The Kier molecular flexibility index (Phi) is 3.88. The van der Waals surface area contributed by atoms with Crippen LogP contribution in [-0.2, 0) is 12.0 Å². The molecule has 0 aliphatic heterocycles. The van der Waals surface area contributed by atoms with Crippen LogP contribution in [0.15, 0.2) is 24.3 Å². The Labute approximate surface area is 105 Å². The maximum absolute atomic E-state index is 10.9. The van der Waals surface area contributed by atoms with Crippen molar-refractivity contribution in [1.82, 2.24) is 0 Å². The molecule has 0 bridgehead atoms.